The smallest absolute Gasteiger partial charge is 0.269 e. The number of non-ortho nitro benzene ring substituents is 1. The molecule has 7 nitrogen and oxygen atoms in total. The number of hydrogen-bond donors (Lipinski definition) is 2. The van der Waals surface area contributed by atoms with Gasteiger partial charge in [0.05, 0.1) is 9.82 Å². The van der Waals surface area contributed by atoms with Gasteiger partial charge in [0.25, 0.3) is 5.69 Å². The van der Waals surface area contributed by atoms with Gasteiger partial charge in [-0.15, -0.1) is 0 Å². The summed E-state index contributed by atoms with van der Waals surface area (Å²) in [6.07, 6.45) is 1.89. The molecule has 1 aromatic carbocycles. The number of aryl methyl sites for hydroxylation is 1. The van der Waals surface area contributed by atoms with Crippen LogP contribution in [-0.4, -0.2) is 33.0 Å². The van der Waals surface area contributed by atoms with Gasteiger partial charge in [-0.1, -0.05) is 0 Å². The van der Waals surface area contributed by atoms with Crippen LogP contribution in [0.3, 0.4) is 0 Å². The van der Waals surface area contributed by atoms with Crippen molar-refractivity contribution >= 4 is 15.7 Å². The van der Waals surface area contributed by atoms with E-state index in [4.69, 9.17) is 0 Å². The summed E-state index contributed by atoms with van der Waals surface area (Å²) in [5, 5.41) is 13.9. The summed E-state index contributed by atoms with van der Waals surface area (Å²) in [5.74, 6) is 0.333. The zero-order valence-electron chi connectivity index (χ0n) is 11.8. The quantitative estimate of drug-likeness (QED) is 0.628. The van der Waals surface area contributed by atoms with E-state index in [0.29, 0.717) is 18.0 Å². The Labute approximate surface area is 123 Å². The van der Waals surface area contributed by atoms with E-state index in [1.165, 1.54) is 18.2 Å². The van der Waals surface area contributed by atoms with Gasteiger partial charge in [-0.2, -0.15) is 0 Å². The molecule has 0 atom stereocenters. The number of nitrogens with zero attached hydrogens (tertiary/aromatic N) is 1. The fourth-order valence-electron chi connectivity index (χ4n) is 2.44. The number of piperidine rings is 1. The van der Waals surface area contributed by atoms with Crippen molar-refractivity contribution < 1.29 is 13.3 Å². The first kappa shape index (κ1) is 15.9. The standard InChI is InChI=1S/C13H19N3O4S/c1-10-8-12(16(17)18)2-3-13(10)21(19,20)15-9-11-4-6-14-7-5-11/h2-3,8,11,14-15H,4-7,9H2,1H3. The van der Waals surface area contributed by atoms with Crippen LogP contribution in [0.2, 0.25) is 0 Å². The molecule has 1 fully saturated rings. The second-order valence-corrected chi connectivity index (χ2v) is 6.99. The average molecular weight is 313 g/mol. The van der Waals surface area contributed by atoms with E-state index in [2.05, 4.69) is 10.0 Å². The van der Waals surface area contributed by atoms with Gasteiger partial charge < -0.3 is 5.32 Å². The molecule has 0 aromatic heterocycles. The van der Waals surface area contributed by atoms with Crippen molar-refractivity contribution in [3.05, 3.63) is 33.9 Å². The zero-order valence-corrected chi connectivity index (χ0v) is 12.6. The highest BCUT2D eigenvalue weighted by molar-refractivity contribution is 7.89. The second kappa shape index (κ2) is 6.50. The predicted molar refractivity (Wildman–Crippen MR) is 78.6 cm³/mol. The number of sulfonamides is 1. The third-order valence-electron chi connectivity index (χ3n) is 3.68. The van der Waals surface area contributed by atoms with Crippen LogP contribution >= 0.6 is 0 Å². The largest absolute Gasteiger partial charge is 0.317 e. The van der Waals surface area contributed by atoms with Gasteiger partial charge in [0.15, 0.2) is 0 Å². The number of nitrogens with one attached hydrogen (secondary N) is 2. The van der Waals surface area contributed by atoms with E-state index in [0.717, 1.165) is 25.9 Å². The van der Waals surface area contributed by atoms with Crippen LogP contribution in [0.5, 0.6) is 0 Å². The SMILES string of the molecule is Cc1cc([N+](=O)[O-])ccc1S(=O)(=O)NCC1CCNCC1. The third kappa shape index (κ3) is 3.99. The summed E-state index contributed by atoms with van der Waals surface area (Å²) in [6, 6.07) is 3.78. The lowest BCUT2D eigenvalue weighted by molar-refractivity contribution is -0.385. The van der Waals surface area contributed by atoms with Gasteiger partial charge in [-0.05, 0) is 50.4 Å². The number of benzene rings is 1. The zero-order chi connectivity index (χ0) is 15.5. The highest BCUT2D eigenvalue weighted by Gasteiger charge is 2.21. The van der Waals surface area contributed by atoms with Crippen molar-refractivity contribution in [1.29, 1.82) is 0 Å². The number of nitro groups is 1. The normalized spacial score (nSPS) is 16.8. The van der Waals surface area contributed by atoms with E-state index in [-0.39, 0.29) is 10.6 Å². The lowest BCUT2D eigenvalue weighted by atomic mass is 9.99. The van der Waals surface area contributed by atoms with E-state index < -0.39 is 14.9 Å². The molecule has 0 amide bonds. The molecule has 2 N–H and O–H groups in total. The van der Waals surface area contributed by atoms with E-state index in [1.54, 1.807) is 6.92 Å². The monoisotopic (exact) mass is 313 g/mol. The van der Waals surface area contributed by atoms with Crippen molar-refractivity contribution in [1.82, 2.24) is 10.0 Å². The van der Waals surface area contributed by atoms with Crippen molar-refractivity contribution in [3.63, 3.8) is 0 Å². The molecule has 0 aliphatic carbocycles. The van der Waals surface area contributed by atoms with Crippen LogP contribution in [0, 0.1) is 23.0 Å². The summed E-state index contributed by atoms with van der Waals surface area (Å²) in [6.45, 7) is 3.78. The van der Waals surface area contributed by atoms with Gasteiger partial charge in [0, 0.05) is 18.7 Å². The minimum atomic E-state index is -3.63. The molecule has 1 aliphatic rings. The van der Waals surface area contributed by atoms with E-state index in [9.17, 15) is 18.5 Å². The van der Waals surface area contributed by atoms with Crippen molar-refractivity contribution in [2.24, 2.45) is 5.92 Å². The Morgan fingerprint density at radius 3 is 2.62 bits per heavy atom. The minimum absolute atomic E-state index is 0.0991. The van der Waals surface area contributed by atoms with Crippen LogP contribution in [0.4, 0.5) is 5.69 Å². The Bertz CT molecular complexity index is 624. The third-order valence-corrected chi connectivity index (χ3v) is 5.26. The maximum atomic E-state index is 12.3. The molecule has 116 valence electrons. The van der Waals surface area contributed by atoms with E-state index in [1.807, 2.05) is 0 Å². The van der Waals surface area contributed by atoms with Crippen LogP contribution in [0.25, 0.3) is 0 Å². The first-order chi connectivity index (χ1) is 9.90. The van der Waals surface area contributed by atoms with Crippen molar-refractivity contribution in [2.45, 2.75) is 24.7 Å². The molecule has 1 aromatic rings. The second-order valence-electron chi connectivity index (χ2n) is 5.25. The summed E-state index contributed by atoms with van der Waals surface area (Å²) < 4.78 is 27.2. The molecule has 21 heavy (non-hydrogen) atoms. The molecule has 8 heteroatoms. The summed E-state index contributed by atoms with van der Waals surface area (Å²) in [4.78, 5) is 10.2. The lowest BCUT2D eigenvalue weighted by Gasteiger charge is -2.22. The van der Waals surface area contributed by atoms with E-state index >= 15 is 0 Å². The van der Waals surface area contributed by atoms with Gasteiger partial charge in [0.2, 0.25) is 10.0 Å². The molecule has 0 bridgehead atoms. The molecule has 1 aliphatic heterocycles. The fourth-order valence-corrected chi connectivity index (χ4v) is 3.78. The van der Waals surface area contributed by atoms with Crippen LogP contribution in [0.15, 0.2) is 23.1 Å². The Morgan fingerprint density at radius 2 is 2.05 bits per heavy atom. The molecule has 1 heterocycles. The minimum Gasteiger partial charge on any atom is -0.317 e. The maximum Gasteiger partial charge on any atom is 0.269 e. The molecule has 0 spiro atoms. The predicted octanol–water partition coefficient (Wildman–Crippen LogP) is 1.18. The molecular formula is C13H19N3O4S. The average Bonchev–Trinajstić information content (AvgIpc) is 2.46. The fraction of sp³-hybridized carbons (Fsp3) is 0.538. The molecule has 0 unspecified atom stereocenters. The number of rotatable bonds is 5. The Morgan fingerprint density at radius 1 is 1.38 bits per heavy atom. The highest BCUT2D eigenvalue weighted by atomic mass is 32.2. The lowest BCUT2D eigenvalue weighted by Crippen LogP contribution is -2.36. The summed E-state index contributed by atoms with van der Waals surface area (Å²) in [7, 11) is -3.63. The molecule has 0 saturated carbocycles. The van der Waals surface area contributed by atoms with Gasteiger partial charge in [-0.3, -0.25) is 10.1 Å². The number of hydrogen-bond acceptors (Lipinski definition) is 5. The van der Waals surface area contributed by atoms with Gasteiger partial charge in [0.1, 0.15) is 0 Å². The highest BCUT2D eigenvalue weighted by Crippen LogP contribution is 2.21. The Balaban J connectivity index is 2.10. The first-order valence-corrected chi connectivity index (χ1v) is 8.34. The first-order valence-electron chi connectivity index (χ1n) is 6.85. The molecule has 1 saturated heterocycles. The topological polar surface area (TPSA) is 101 Å². The van der Waals surface area contributed by atoms with Crippen molar-refractivity contribution in [3.8, 4) is 0 Å². The Kier molecular flexibility index (Phi) is 4.92. The van der Waals surface area contributed by atoms with Crippen LogP contribution in [0.1, 0.15) is 18.4 Å². The summed E-state index contributed by atoms with van der Waals surface area (Å²) in [5.41, 5.74) is 0.270. The van der Waals surface area contributed by atoms with Gasteiger partial charge >= 0.3 is 0 Å². The van der Waals surface area contributed by atoms with Gasteiger partial charge in [-0.25, -0.2) is 13.1 Å². The van der Waals surface area contributed by atoms with Crippen LogP contribution in [-0.2, 0) is 10.0 Å². The molecular weight excluding hydrogens is 294 g/mol. The number of nitro benzene ring substituents is 1. The summed E-state index contributed by atoms with van der Waals surface area (Å²) >= 11 is 0. The maximum absolute atomic E-state index is 12.3. The Hall–Kier alpha value is -1.51. The molecule has 0 radical (unpaired) electrons. The van der Waals surface area contributed by atoms with Crippen molar-refractivity contribution in [2.75, 3.05) is 19.6 Å². The molecule has 2 rings (SSSR count). The van der Waals surface area contributed by atoms with Crippen LogP contribution < -0.4 is 10.0 Å².